The van der Waals surface area contributed by atoms with Crippen LogP contribution in [0.2, 0.25) is 0 Å². The number of hydrogen-bond acceptors (Lipinski definition) is 2. The number of carbonyl (C=O) groups is 2. The molecule has 1 aliphatic rings. The highest BCUT2D eigenvalue weighted by Crippen LogP contribution is 2.32. The SMILES string of the molecule is C#CCNC(=O)Cn1ccc(C(=O)C2CC2)c1. The molecule has 0 radical (unpaired) electrons. The van der Waals surface area contributed by atoms with E-state index in [1.807, 2.05) is 0 Å². The van der Waals surface area contributed by atoms with Crippen molar-refractivity contribution in [2.24, 2.45) is 5.92 Å². The van der Waals surface area contributed by atoms with Gasteiger partial charge < -0.3 is 9.88 Å². The van der Waals surface area contributed by atoms with Gasteiger partial charge in [-0.3, -0.25) is 9.59 Å². The zero-order valence-corrected chi connectivity index (χ0v) is 9.48. The summed E-state index contributed by atoms with van der Waals surface area (Å²) in [4.78, 5) is 23.1. The van der Waals surface area contributed by atoms with Gasteiger partial charge in [-0.15, -0.1) is 6.42 Å². The highest BCUT2D eigenvalue weighted by atomic mass is 16.2. The number of rotatable bonds is 5. The summed E-state index contributed by atoms with van der Waals surface area (Å²) in [5.74, 6) is 2.58. The van der Waals surface area contributed by atoms with Crippen LogP contribution in [0.25, 0.3) is 0 Å². The fourth-order valence-electron chi connectivity index (χ4n) is 1.64. The molecule has 0 spiro atoms. The van der Waals surface area contributed by atoms with E-state index < -0.39 is 0 Å². The van der Waals surface area contributed by atoms with Gasteiger partial charge in [0.15, 0.2) is 5.78 Å². The van der Waals surface area contributed by atoms with Crippen molar-refractivity contribution in [3.63, 3.8) is 0 Å². The number of hydrogen-bond donors (Lipinski definition) is 1. The number of amides is 1. The van der Waals surface area contributed by atoms with Crippen LogP contribution in [-0.2, 0) is 11.3 Å². The van der Waals surface area contributed by atoms with E-state index in [-0.39, 0.29) is 30.7 Å². The Labute approximate surface area is 100 Å². The van der Waals surface area contributed by atoms with Crippen molar-refractivity contribution in [1.82, 2.24) is 9.88 Å². The first-order chi connectivity index (χ1) is 8.20. The van der Waals surface area contributed by atoms with E-state index in [0.717, 1.165) is 12.8 Å². The first-order valence-electron chi connectivity index (χ1n) is 5.61. The Morgan fingerprint density at radius 3 is 2.94 bits per heavy atom. The van der Waals surface area contributed by atoms with Crippen LogP contribution in [0.15, 0.2) is 18.5 Å². The van der Waals surface area contributed by atoms with Gasteiger partial charge in [0.05, 0.1) is 6.54 Å². The molecule has 1 N–H and O–H groups in total. The molecule has 0 unspecified atom stereocenters. The van der Waals surface area contributed by atoms with Crippen LogP contribution >= 0.6 is 0 Å². The Bertz CT molecular complexity index is 478. The molecule has 88 valence electrons. The molecule has 17 heavy (non-hydrogen) atoms. The van der Waals surface area contributed by atoms with Crippen LogP contribution in [-0.4, -0.2) is 22.8 Å². The van der Waals surface area contributed by atoms with Gasteiger partial charge in [0, 0.05) is 23.9 Å². The molecule has 1 amide bonds. The smallest absolute Gasteiger partial charge is 0.240 e. The summed E-state index contributed by atoms with van der Waals surface area (Å²) in [6.45, 7) is 0.424. The molecule has 1 heterocycles. The van der Waals surface area contributed by atoms with E-state index in [0.29, 0.717) is 5.56 Å². The number of Topliss-reactive ketones (excluding diaryl/α,β-unsaturated/α-hetero) is 1. The topological polar surface area (TPSA) is 51.1 Å². The maximum absolute atomic E-state index is 11.7. The molecule has 0 saturated heterocycles. The van der Waals surface area contributed by atoms with E-state index in [2.05, 4.69) is 11.2 Å². The zero-order valence-electron chi connectivity index (χ0n) is 9.48. The lowest BCUT2D eigenvalue weighted by atomic mass is 10.1. The first kappa shape index (κ1) is 11.5. The summed E-state index contributed by atoms with van der Waals surface area (Å²) in [6.07, 6.45) is 10.5. The lowest BCUT2D eigenvalue weighted by Crippen LogP contribution is -2.27. The number of ketones is 1. The van der Waals surface area contributed by atoms with Crippen molar-refractivity contribution >= 4 is 11.7 Å². The van der Waals surface area contributed by atoms with E-state index in [4.69, 9.17) is 6.42 Å². The molecule has 0 bridgehead atoms. The van der Waals surface area contributed by atoms with Crippen LogP contribution in [0.3, 0.4) is 0 Å². The number of carbonyl (C=O) groups excluding carboxylic acids is 2. The molecule has 1 aromatic rings. The van der Waals surface area contributed by atoms with Gasteiger partial charge in [0.1, 0.15) is 6.54 Å². The molecule has 4 heteroatoms. The number of terminal acetylenes is 1. The molecule has 0 atom stereocenters. The summed E-state index contributed by atoms with van der Waals surface area (Å²) in [6, 6.07) is 1.76. The van der Waals surface area contributed by atoms with Gasteiger partial charge in [-0.2, -0.15) is 0 Å². The van der Waals surface area contributed by atoms with Gasteiger partial charge >= 0.3 is 0 Å². The fourth-order valence-corrected chi connectivity index (χ4v) is 1.64. The average molecular weight is 230 g/mol. The lowest BCUT2D eigenvalue weighted by Gasteiger charge is -2.02. The van der Waals surface area contributed by atoms with Crippen LogP contribution < -0.4 is 5.32 Å². The maximum atomic E-state index is 11.7. The van der Waals surface area contributed by atoms with Crippen molar-refractivity contribution in [3.05, 3.63) is 24.0 Å². The second kappa shape index (κ2) is 4.88. The largest absolute Gasteiger partial charge is 0.344 e. The Hall–Kier alpha value is -2.02. The third kappa shape index (κ3) is 2.97. The minimum absolute atomic E-state index is 0.149. The van der Waals surface area contributed by atoms with Gasteiger partial charge in [0.2, 0.25) is 5.91 Å². The molecular weight excluding hydrogens is 216 g/mol. The van der Waals surface area contributed by atoms with Crippen molar-refractivity contribution in [2.75, 3.05) is 6.54 Å². The van der Waals surface area contributed by atoms with Crippen molar-refractivity contribution in [3.8, 4) is 12.3 Å². The molecule has 0 aliphatic heterocycles. The van der Waals surface area contributed by atoms with Crippen LogP contribution in [0.4, 0.5) is 0 Å². The fraction of sp³-hybridized carbons (Fsp3) is 0.385. The first-order valence-corrected chi connectivity index (χ1v) is 5.61. The highest BCUT2D eigenvalue weighted by Gasteiger charge is 2.30. The molecule has 1 fully saturated rings. The Morgan fingerprint density at radius 1 is 1.53 bits per heavy atom. The van der Waals surface area contributed by atoms with E-state index in [1.54, 1.807) is 23.0 Å². The number of nitrogens with zero attached hydrogens (tertiary/aromatic N) is 1. The van der Waals surface area contributed by atoms with Crippen molar-refractivity contribution in [2.45, 2.75) is 19.4 Å². The van der Waals surface area contributed by atoms with Gasteiger partial charge in [-0.25, -0.2) is 0 Å². The van der Waals surface area contributed by atoms with E-state index in [9.17, 15) is 9.59 Å². The Kier molecular flexibility index (Phi) is 3.29. The number of aromatic nitrogens is 1. The van der Waals surface area contributed by atoms with Gasteiger partial charge in [-0.05, 0) is 18.9 Å². The summed E-state index contributed by atoms with van der Waals surface area (Å²) in [5, 5.41) is 2.57. The molecular formula is C13H14N2O2. The average Bonchev–Trinajstić information content (AvgIpc) is 3.06. The molecule has 4 nitrogen and oxygen atoms in total. The minimum Gasteiger partial charge on any atom is -0.344 e. The Morgan fingerprint density at radius 2 is 2.29 bits per heavy atom. The summed E-state index contributed by atoms with van der Waals surface area (Å²) >= 11 is 0. The molecule has 1 aromatic heterocycles. The third-order valence-electron chi connectivity index (χ3n) is 2.70. The predicted octanol–water partition coefficient (Wildman–Crippen LogP) is 0.830. The summed E-state index contributed by atoms with van der Waals surface area (Å²) < 4.78 is 1.70. The standard InChI is InChI=1S/C13H14N2O2/c1-2-6-14-12(16)9-15-7-5-11(8-15)13(17)10-3-4-10/h1,5,7-8,10H,3-4,6,9H2,(H,14,16). The second-order valence-electron chi connectivity index (χ2n) is 4.19. The normalized spacial score (nSPS) is 14.1. The van der Waals surface area contributed by atoms with E-state index >= 15 is 0 Å². The highest BCUT2D eigenvalue weighted by molar-refractivity contribution is 5.99. The van der Waals surface area contributed by atoms with Crippen LogP contribution in [0, 0.1) is 18.3 Å². The third-order valence-corrected chi connectivity index (χ3v) is 2.70. The maximum Gasteiger partial charge on any atom is 0.240 e. The van der Waals surface area contributed by atoms with E-state index in [1.165, 1.54) is 0 Å². The molecule has 1 aliphatic carbocycles. The molecule has 2 rings (SSSR count). The zero-order chi connectivity index (χ0) is 12.3. The number of nitrogens with one attached hydrogen (secondary N) is 1. The monoisotopic (exact) mass is 230 g/mol. The molecule has 1 saturated carbocycles. The van der Waals surface area contributed by atoms with Gasteiger partial charge in [0.25, 0.3) is 0 Å². The summed E-state index contributed by atoms with van der Waals surface area (Å²) in [5.41, 5.74) is 0.692. The van der Waals surface area contributed by atoms with Gasteiger partial charge in [-0.1, -0.05) is 5.92 Å². The van der Waals surface area contributed by atoms with Crippen molar-refractivity contribution < 1.29 is 9.59 Å². The Balaban J connectivity index is 1.91. The predicted molar refractivity (Wildman–Crippen MR) is 63.3 cm³/mol. The van der Waals surface area contributed by atoms with Crippen LogP contribution in [0.1, 0.15) is 23.2 Å². The molecule has 0 aromatic carbocycles. The van der Waals surface area contributed by atoms with Crippen LogP contribution in [0.5, 0.6) is 0 Å². The quantitative estimate of drug-likeness (QED) is 0.601. The minimum atomic E-state index is -0.149. The second-order valence-corrected chi connectivity index (χ2v) is 4.19. The summed E-state index contributed by atoms with van der Waals surface area (Å²) in [7, 11) is 0. The lowest BCUT2D eigenvalue weighted by molar-refractivity contribution is -0.121. The van der Waals surface area contributed by atoms with Crippen molar-refractivity contribution in [1.29, 1.82) is 0 Å².